The van der Waals surface area contributed by atoms with Crippen molar-refractivity contribution in [1.82, 2.24) is 9.80 Å². The summed E-state index contributed by atoms with van der Waals surface area (Å²) in [4.78, 5) is 26.6. The molecule has 1 aliphatic heterocycles. The number of rotatable bonds is 4. The van der Waals surface area contributed by atoms with Gasteiger partial charge >= 0.3 is 12.0 Å². The van der Waals surface area contributed by atoms with Crippen LogP contribution in [0.25, 0.3) is 0 Å². The Kier molecular flexibility index (Phi) is 5.13. The third kappa shape index (κ3) is 4.17. The number of benzene rings is 1. The lowest BCUT2D eigenvalue weighted by molar-refractivity contribution is 0.0697. The van der Waals surface area contributed by atoms with Crippen molar-refractivity contribution in [2.24, 2.45) is 0 Å². The lowest BCUT2D eigenvalue weighted by atomic mass is 10.2. The second-order valence-electron chi connectivity index (χ2n) is 4.86. The van der Waals surface area contributed by atoms with Gasteiger partial charge in [-0.3, -0.25) is 4.90 Å². The zero-order valence-electron chi connectivity index (χ0n) is 11.7. The number of β-amino-alcohol motifs (C(OH)–C–C–N with tert-alkyl or cyclic N) is 1. The molecule has 3 N–H and O–H groups in total. The molecule has 0 atom stereocenters. The van der Waals surface area contributed by atoms with Crippen LogP contribution in [0, 0.1) is 0 Å². The molecular formula is C14H19N3O4. The number of aliphatic hydroxyl groups is 1. The van der Waals surface area contributed by atoms with E-state index < -0.39 is 5.97 Å². The lowest BCUT2D eigenvalue weighted by Gasteiger charge is -2.34. The van der Waals surface area contributed by atoms with Gasteiger partial charge in [-0.2, -0.15) is 0 Å². The van der Waals surface area contributed by atoms with E-state index >= 15 is 0 Å². The smallest absolute Gasteiger partial charge is 0.335 e. The van der Waals surface area contributed by atoms with Gasteiger partial charge in [-0.05, 0) is 24.3 Å². The third-order valence-corrected chi connectivity index (χ3v) is 3.46. The van der Waals surface area contributed by atoms with Gasteiger partial charge in [0.2, 0.25) is 0 Å². The summed E-state index contributed by atoms with van der Waals surface area (Å²) in [7, 11) is 0. The first-order valence-corrected chi connectivity index (χ1v) is 6.82. The van der Waals surface area contributed by atoms with Crippen molar-refractivity contribution in [3.8, 4) is 0 Å². The minimum Gasteiger partial charge on any atom is -0.478 e. The van der Waals surface area contributed by atoms with Gasteiger partial charge in [-0.15, -0.1) is 0 Å². The highest BCUT2D eigenvalue weighted by atomic mass is 16.4. The number of aliphatic hydroxyl groups excluding tert-OH is 1. The maximum absolute atomic E-state index is 12.1. The quantitative estimate of drug-likeness (QED) is 0.753. The number of hydrogen-bond acceptors (Lipinski definition) is 4. The van der Waals surface area contributed by atoms with E-state index in [0.717, 1.165) is 13.1 Å². The van der Waals surface area contributed by atoms with Crippen molar-refractivity contribution in [1.29, 1.82) is 0 Å². The number of piperazine rings is 1. The van der Waals surface area contributed by atoms with E-state index in [9.17, 15) is 9.59 Å². The second kappa shape index (κ2) is 7.05. The van der Waals surface area contributed by atoms with Crippen LogP contribution in [0.5, 0.6) is 0 Å². The Labute approximate surface area is 122 Å². The molecule has 0 radical (unpaired) electrons. The van der Waals surface area contributed by atoms with Gasteiger partial charge in [-0.1, -0.05) is 0 Å². The van der Waals surface area contributed by atoms with Crippen LogP contribution in [0.4, 0.5) is 10.5 Å². The SMILES string of the molecule is O=C(O)c1ccc(NC(=O)N2CCN(CCO)CC2)cc1. The van der Waals surface area contributed by atoms with Crippen LogP contribution in [-0.4, -0.2) is 71.3 Å². The Morgan fingerprint density at radius 3 is 2.24 bits per heavy atom. The molecule has 0 aromatic heterocycles. The summed E-state index contributed by atoms with van der Waals surface area (Å²) in [6.07, 6.45) is 0. The molecule has 0 saturated carbocycles. The first-order valence-electron chi connectivity index (χ1n) is 6.82. The van der Waals surface area contributed by atoms with Crippen LogP contribution in [0.2, 0.25) is 0 Å². The second-order valence-corrected chi connectivity index (χ2v) is 4.86. The molecule has 7 heteroatoms. The molecule has 0 unspecified atom stereocenters. The standard InChI is InChI=1S/C14H19N3O4/c18-10-9-16-5-7-17(8-6-16)14(21)15-12-3-1-11(2-4-12)13(19)20/h1-4,18H,5-10H2,(H,15,21)(H,19,20). The van der Waals surface area contributed by atoms with Crippen molar-refractivity contribution in [3.05, 3.63) is 29.8 Å². The highest BCUT2D eigenvalue weighted by Crippen LogP contribution is 2.11. The van der Waals surface area contributed by atoms with Gasteiger partial charge in [0.1, 0.15) is 0 Å². The molecule has 7 nitrogen and oxygen atoms in total. The maximum Gasteiger partial charge on any atom is 0.335 e. The average molecular weight is 293 g/mol. The van der Waals surface area contributed by atoms with Gasteiger partial charge in [0.25, 0.3) is 0 Å². The van der Waals surface area contributed by atoms with Crippen LogP contribution in [0.1, 0.15) is 10.4 Å². The number of carbonyl (C=O) groups excluding carboxylic acids is 1. The molecule has 1 fully saturated rings. The normalized spacial score (nSPS) is 15.8. The minimum absolute atomic E-state index is 0.127. The van der Waals surface area contributed by atoms with Gasteiger partial charge < -0.3 is 20.4 Å². The predicted octanol–water partition coefficient (Wildman–Crippen LogP) is 0.527. The van der Waals surface area contributed by atoms with E-state index in [1.54, 1.807) is 17.0 Å². The molecule has 114 valence electrons. The highest BCUT2D eigenvalue weighted by Gasteiger charge is 2.20. The van der Waals surface area contributed by atoms with Crippen molar-refractivity contribution in [3.63, 3.8) is 0 Å². The third-order valence-electron chi connectivity index (χ3n) is 3.46. The molecule has 0 bridgehead atoms. The number of carboxylic acids is 1. The largest absolute Gasteiger partial charge is 0.478 e. The molecule has 21 heavy (non-hydrogen) atoms. The Bertz CT molecular complexity index is 495. The van der Waals surface area contributed by atoms with Crippen molar-refractivity contribution < 1.29 is 19.8 Å². The van der Waals surface area contributed by atoms with Gasteiger partial charge in [-0.25, -0.2) is 9.59 Å². The monoisotopic (exact) mass is 293 g/mol. The number of amides is 2. The number of hydrogen-bond donors (Lipinski definition) is 3. The predicted molar refractivity (Wildman–Crippen MR) is 77.5 cm³/mol. The molecule has 1 aliphatic rings. The molecule has 1 saturated heterocycles. The molecule has 1 aromatic carbocycles. The zero-order chi connectivity index (χ0) is 15.2. The number of carbonyl (C=O) groups is 2. The molecule has 1 aromatic rings. The number of anilines is 1. The molecule has 0 spiro atoms. The Balaban J connectivity index is 1.86. The molecule has 0 aliphatic carbocycles. The zero-order valence-corrected chi connectivity index (χ0v) is 11.7. The van der Waals surface area contributed by atoms with E-state index in [2.05, 4.69) is 10.2 Å². The van der Waals surface area contributed by atoms with Crippen LogP contribution in [0.3, 0.4) is 0 Å². The highest BCUT2D eigenvalue weighted by molar-refractivity contribution is 5.91. The first-order chi connectivity index (χ1) is 10.1. The Hall–Kier alpha value is -2.12. The fourth-order valence-corrected chi connectivity index (χ4v) is 2.21. The van der Waals surface area contributed by atoms with Gasteiger partial charge in [0, 0.05) is 38.4 Å². The summed E-state index contributed by atoms with van der Waals surface area (Å²) >= 11 is 0. The summed E-state index contributed by atoms with van der Waals surface area (Å²) < 4.78 is 0. The van der Waals surface area contributed by atoms with Crippen LogP contribution < -0.4 is 5.32 Å². The van der Waals surface area contributed by atoms with E-state index in [4.69, 9.17) is 10.2 Å². The summed E-state index contributed by atoms with van der Waals surface area (Å²) in [6, 6.07) is 5.86. The van der Waals surface area contributed by atoms with Crippen molar-refractivity contribution in [2.45, 2.75) is 0 Å². The fraction of sp³-hybridized carbons (Fsp3) is 0.429. The Morgan fingerprint density at radius 2 is 1.71 bits per heavy atom. The Morgan fingerprint density at radius 1 is 1.10 bits per heavy atom. The van der Waals surface area contributed by atoms with Crippen LogP contribution in [-0.2, 0) is 0 Å². The van der Waals surface area contributed by atoms with E-state index in [1.807, 2.05) is 0 Å². The average Bonchev–Trinajstić information content (AvgIpc) is 2.49. The van der Waals surface area contributed by atoms with E-state index in [0.29, 0.717) is 25.3 Å². The number of carboxylic acid groups (broad SMARTS) is 1. The van der Waals surface area contributed by atoms with Crippen LogP contribution >= 0.6 is 0 Å². The molecule has 2 amide bonds. The summed E-state index contributed by atoms with van der Waals surface area (Å²) in [5.41, 5.74) is 0.758. The van der Waals surface area contributed by atoms with Crippen molar-refractivity contribution >= 4 is 17.7 Å². The summed E-state index contributed by atoms with van der Waals surface area (Å²) in [5, 5.41) is 20.4. The topological polar surface area (TPSA) is 93.1 Å². The minimum atomic E-state index is -0.993. The first kappa shape index (κ1) is 15.3. The summed E-state index contributed by atoms with van der Waals surface area (Å²) in [6.45, 7) is 3.46. The number of aromatic carboxylic acids is 1. The van der Waals surface area contributed by atoms with E-state index in [1.165, 1.54) is 12.1 Å². The van der Waals surface area contributed by atoms with Gasteiger partial charge in [0.05, 0.1) is 12.2 Å². The van der Waals surface area contributed by atoms with Crippen molar-refractivity contribution in [2.75, 3.05) is 44.6 Å². The molecule has 2 rings (SSSR count). The number of nitrogens with one attached hydrogen (secondary N) is 1. The van der Waals surface area contributed by atoms with Gasteiger partial charge in [0.15, 0.2) is 0 Å². The number of nitrogens with zero attached hydrogens (tertiary/aromatic N) is 2. The molecule has 1 heterocycles. The number of urea groups is 1. The molecular weight excluding hydrogens is 274 g/mol. The lowest BCUT2D eigenvalue weighted by Crippen LogP contribution is -2.50. The maximum atomic E-state index is 12.1. The van der Waals surface area contributed by atoms with E-state index in [-0.39, 0.29) is 18.2 Å². The van der Waals surface area contributed by atoms with Crippen LogP contribution in [0.15, 0.2) is 24.3 Å². The fourth-order valence-electron chi connectivity index (χ4n) is 2.21. The summed E-state index contributed by atoms with van der Waals surface area (Å²) in [5.74, 6) is -0.993.